The zero-order valence-electron chi connectivity index (χ0n) is 11.0. The van der Waals surface area contributed by atoms with E-state index in [1.807, 2.05) is 24.3 Å². The number of aliphatic hydroxyl groups excluding tert-OH is 1. The average Bonchev–Trinajstić information content (AvgIpc) is 2.46. The minimum absolute atomic E-state index is 0.297. The number of aliphatic hydroxyl groups is 1. The van der Waals surface area contributed by atoms with Crippen molar-refractivity contribution < 1.29 is 9.50 Å². The molecule has 0 bridgehead atoms. The molecular formula is C17H14FNO. The third-order valence-corrected chi connectivity index (χ3v) is 3.52. The third kappa shape index (κ3) is 2.17. The molecule has 0 aliphatic rings. The average molecular weight is 267 g/mol. The smallest absolute Gasteiger partial charge is 0.123 e. The first kappa shape index (κ1) is 12.8. The molecule has 20 heavy (non-hydrogen) atoms. The van der Waals surface area contributed by atoms with Crippen molar-refractivity contribution in [2.45, 2.75) is 13.0 Å². The largest absolute Gasteiger partial charge is 0.384 e. The van der Waals surface area contributed by atoms with Crippen molar-refractivity contribution in [1.82, 2.24) is 4.98 Å². The molecule has 2 nitrogen and oxygen atoms in total. The van der Waals surface area contributed by atoms with Crippen LogP contribution in [0.1, 0.15) is 22.8 Å². The van der Waals surface area contributed by atoms with Crippen LogP contribution in [-0.2, 0) is 0 Å². The van der Waals surface area contributed by atoms with E-state index in [2.05, 4.69) is 4.98 Å². The number of rotatable bonds is 2. The van der Waals surface area contributed by atoms with Gasteiger partial charge in [0.2, 0.25) is 0 Å². The standard InChI is InChI=1S/C17H14FNO/c1-11-8-13(18)6-7-14(11)17(20)16-10-19-9-12-4-2-3-5-15(12)16/h2-10,17,20H,1H3. The van der Waals surface area contributed by atoms with Crippen molar-refractivity contribution >= 4 is 10.8 Å². The van der Waals surface area contributed by atoms with Crippen LogP contribution in [0.2, 0.25) is 0 Å². The van der Waals surface area contributed by atoms with Gasteiger partial charge in [0.15, 0.2) is 0 Å². The summed E-state index contributed by atoms with van der Waals surface area (Å²) in [4.78, 5) is 4.17. The van der Waals surface area contributed by atoms with E-state index in [0.29, 0.717) is 5.56 Å². The van der Waals surface area contributed by atoms with Gasteiger partial charge in [0, 0.05) is 23.3 Å². The van der Waals surface area contributed by atoms with Crippen LogP contribution in [0.4, 0.5) is 4.39 Å². The molecule has 0 radical (unpaired) electrons. The monoisotopic (exact) mass is 267 g/mol. The molecule has 0 spiro atoms. The van der Waals surface area contributed by atoms with Gasteiger partial charge >= 0.3 is 0 Å². The third-order valence-electron chi connectivity index (χ3n) is 3.52. The van der Waals surface area contributed by atoms with Crippen molar-refractivity contribution in [1.29, 1.82) is 0 Å². The minimum atomic E-state index is -0.811. The molecule has 3 aromatic rings. The maximum Gasteiger partial charge on any atom is 0.123 e. The van der Waals surface area contributed by atoms with E-state index in [4.69, 9.17) is 0 Å². The number of halogens is 1. The SMILES string of the molecule is Cc1cc(F)ccc1C(O)c1cncc2ccccc12. The van der Waals surface area contributed by atoms with Gasteiger partial charge in [-0.05, 0) is 35.6 Å². The second-order valence-electron chi connectivity index (χ2n) is 4.85. The number of hydrogen-bond donors (Lipinski definition) is 1. The van der Waals surface area contributed by atoms with Gasteiger partial charge in [-0.3, -0.25) is 4.98 Å². The Bertz CT molecular complexity index is 765. The van der Waals surface area contributed by atoms with Gasteiger partial charge in [-0.25, -0.2) is 4.39 Å². The Morgan fingerprint density at radius 3 is 2.65 bits per heavy atom. The summed E-state index contributed by atoms with van der Waals surface area (Å²) in [7, 11) is 0. The van der Waals surface area contributed by atoms with Crippen LogP contribution in [0.3, 0.4) is 0 Å². The molecule has 0 fully saturated rings. The highest BCUT2D eigenvalue weighted by atomic mass is 19.1. The van der Waals surface area contributed by atoms with Crippen LogP contribution in [0.5, 0.6) is 0 Å². The zero-order chi connectivity index (χ0) is 14.1. The van der Waals surface area contributed by atoms with Gasteiger partial charge < -0.3 is 5.11 Å². The van der Waals surface area contributed by atoms with Crippen molar-refractivity contribution in [3.63, 3.8) is 0 Å². The Kier molecular flexibility index (Phi) is 3.20. The molecule has 0 saturated carbocycles. The molecule has 0 aliphatic carbocycles. The Morgan fingerprint density at radius 2 is 1.85 bits per heavy atom. The van der Waals surface area contributed by atoms with Gasteiger partial charge in [-0.15, -0.1) is 0 Å². The summed E-state index contributed by atoms with van der Waals surface area (Å²) in [5.74, 6) is -0.297. The Balaban J connectivity index is 2.15. The van der Waals surface area contributed by atoms with Crippen molar-refractivity contribution in [2.24, 2.45) is 0 Å². The van der Waals surface area contributed by atoms with Crippen LogP contribution < -0.4 is 0 Å². The highest BCUT2D eigenvalue weighted by Gasteiger charge is 2.16. The van der Waals surface area contributed by atoms with Gasteiger partial charge in [-0.2, -0.15) is 0 Å². The summed E-state index contributed by atoms with van der Waals surface area (Å²) < 4.78 is 13.2. The lowest BCUT2D eigenvalue weighted by Crippen LogP contribution is -2.03. The van der Waals surface area contributed by atoms with E-state index >= 15 is 0 Å². The molecule has 1 heterocycles. The van der Waals surface area contributed by atoms with E-state index in [0.717, 1.165) is 21.9 Å². The topological polar surface area (TPSA) is 33.1 Å². The Labute approximate surface area is 116 Å². The molecule has 1 N–H and O–H groups in total. The zero-order valence-corrected chi connectivity index (χ0v) is 11.0. The Morgan fingerprint density at radius 1 is 1.05 bits per heavy atom. The molecular weight excluding hydrogens is 253 g/mol. The lowest BCUT2D eigenvalue weighted by molar-refractivity contribution is 0.220. The van der Waals surface area contributed by atoms with Gasteiger partial charge in [-0.1, -0.05) is 30.3 Å². The summed E-state index contributed by atoms with van der Waals surface area (Å²) in [5, 5.41) is 12.5. The Hall–Kier alpha value is -2.26. The molecule has 0 amide bonds. The quantitative estimate of drug-likeness (QED) is 0.766. The van der Waals surface area contributed by atoms with Crippen LogP contribution in [-0.4, -0.2) is 10.1 Å². The first-order chi connectivity index (χ1) is 9.66. The van der Waals surface area contributed by atoms with Crippen molar-refractivity contribution in [3.8, 4) is 0 Å². The predicted molar refractivity (Wildman–Crippen MR) is 76.9 cm³/mol. The molecule has 1 aromatic heterocycles. The normalized spacial score (nSPS) is 12.6. The maximum absolute atomic E-state index is 13.2. The lowest BCUT2D eigenvalue weighted by Gasteiger charge is -2.16. The van der Waals surface area contributed by atoms with Gasteiger partial charge in [0.1, 0.15) is 11.9 Å². The fourth-order valence-electron chi connectivity index (χ4n) is 2.47. The summed E-state index contributed by atoms with van der Waals surface area (Å²) in [6, 6.07) is 12.2. The molecule has 1 atom stereocenters. The van der Waals surface area contributed by atoms with Gasteiger partial charge in [0.25, 0.3) is 0 Å². The van der Waals surface area contributed by atoms with Crippen LogP contribution in [0.15, 0.2) is 54.9 Å². The number of pyridine rings is 1. The second-order valence-corrected chi connectivity index (χ2v) is 4.85. The molecule has 3 rings (SSSR count). The van der Waals surface area contributed by atoms with E-state index in [-0.39, 0.29) is 5.82 Å². The van der Waals surface area contributed by atoms with E-state index < -0.39 is 6.10 Å². The number of hydrogen-bond acceptors (Lipinski definition) is 2. The summed E-state index contributed by atoms with van der Waals surface area (Å²) >= 11 is 0. The highest BCUT2D eigenvalue weighted by Crippen LogP contribution is 2.29. The molecule has 100 valence electrons. The maximum atomic E-state index is 13.2. The molecule has 3 heteroatoms. The van der Waals surface area contributed by atoms with Gasteiger partial charge in [0.05, 0.1) is 0 Å². The minimum Gasteiger partial charge on any atom is -0.384 e. The van der Waals surface area contributed by atoms with Crippen LogP contribution >= 0.6 is 0 Å². The van der Waals surface area contributed by atoms with Crippen molar-refractivity contribution in [3.05, 3.63) is 77.4 Å². The first-order valence-corrected chi connectivity index (χ1v) is 6.43. The number of benzene rings is 2. The molecule has 0 aliphatic heterocycles. The molecule has 1 unspecified atom stereocenters. The number of aromatic nitrogens is 1. The number of aryl methyl sites for hydroxylation is 1. The van der Waals surface area contributed by atoms with E-state index in [9.17, 15) is 9.50 Å². The van der Waals surface area contributed by atoms with Crippen LogP contribution in [0, 0.1) is 12.7 Å². The van der Waals surface area contributed by atoms with Crippen molar-refractivity contribution in [2.75, 3.05) is 0 Å². The predicted octanol–water partition coefficient (Wildman–Crippen LogP) is 3.76. The fraction of sp³-hybridized carbons (Fsp3) is 0.118. The first-order valence-electron chi connectivity index (χ1n) is 6.43. The summed E-state index contributed by atoms with van der Waals surface area (Å²) in [6.07, 6.45) is 2.62. The molecule has 2 aromatic carbocycles. The highest BCUT2D eigenvalue weighted by molar-refractivity contribution is 5.85. The number of nitrogens with zero attached hydrogens (tertiary/aromatic N) is 1. The lowest BCUT2D eigenvalue weighted by atomic mass is 9.95. The molecule has 0 saturated heterocycles. The summed E-state index contributed by atoms with van der Waals surface area (Å²) in [5.41, 5.74) is 2.16. The fourth-order valence-corrected chi connectivity index (χ4v) is 2.47. The van der Waals surface area contributed by atoms with E-state index in [1.54, 1.807) is 25.4 Å². The van der Waals surface area contributed by atoms with Crippen LogP contribution in [0.25, 0.3) is 10.8 Å². The number of fused-ring (bicyclic) bond motifs is 1. The summed E-state index contributed by atoms with van der Waals surface area (Å²) in [6.45, 7) is 1.79. The second kappa shape index (κ2) is 5.02. The van der Waals surface area contributed by atoms with E-state index in [1.165, 1.54) is 12.1 Å².